The molecule has 1 aromatic heterocycles. The van der Waals surface area contributed by atoms with Gasteiger partial charge in [-0.25, -0.2) is 4.98 Å². The number of nitrogens with zero attached hydrogens (tertiary/aromatic N) is 2. The third-order valence-corrected chi connectivity index (χ3v) is 3.49. The summed E-state index contributed by atoms with van der Waals surface area (Å²) < 4.78 is 5.50. The summed E-state index contributed by atoms with van der Waals surface area (Å²) in [5, 5.41) is 12.3. The molecule has 2 unspecified atom stereocenters. The fourth-order valence-corrected chi connectivity index (χ4v) is 2.56. The van der Waals surface area contributed by atoms with Crippen LogP contribution in [-0.4, -0.2) is 33.7 Å². The van der Waals surface area contributed by atoms with E-state index in [2.05, 4.69) is 15.3 Å². The monoisotopic (exact) mass is 279 g/mol. The summed E-state index contributed by atoms with van der Waals surface area (Å²) in [6, 6.07) is 1.71. The number of carboxylic acids is 1. The maximum atomic E-state index is 11.1. The van der Waals surface area contributed by atoms with Crippen molar-refractivity contribution >= 4 is 11.9 Å². The van der Waals surface area contributed by atoms with E-state index in [0.717, 1.165) is 19.3 Å². The Balaban J connectivity index is 1.92. The molecule has 1 heterocycles. The van der Waals surface area contributed by atoms with Crippen molar-refractivity contribution in [1.29, 1.82) is 0 Å². The first-order chi connectivity index (χ1) is 9.56. The largest absolute Gasteiger partial charge is 0.481 e. The highest BCUT2D eigenvalue weighted by atomic mass is 16.5. The first-order valence-corrected chi connectivity index (χ1v) is 7.02. The normalized spacial score (nSPS) is 21.9. The zero-order valence-electron chi connectivity index (χ0n) is 11.9. The quantitative estimate of drug-likeness (QED) is 0.830. The number of ether oxygens (including phenoxy) is 1. The number of carboxylic acid groups (broad SMARTS) is 1. The Morgan fingerprint density at radius 1 is 1.55 bits per heavy atom. The number of carbonyl (C=O) groups is 1. The van der Waals surface area contributed by atoms with Crippen LogP contribution in [0.3, 0.4) is 0 Å². The van der Waals surface area contributed by atoms with E-state index >= 15 is 0 Å². The van der Waals surface area contributed by atoms with E-state index in [-0.39, 0.29) is 17.9 Å². The molecule has 0 saturated heterocycles. The maximum Gasteiger partial charge on any atom is 0.306 e. The first-order valence-electron chi connectivity index (χ1n) is 7.02. The van der Waals surface area contributed by atoms with Crippen LogP contribution in [0.25, 0.3) is 0 Å². The Hall–Kier alpha value is -1.85. The van der Waals surface area contributed by atoms with Crippen molar-refractivity contribution in [3.05, 3.63) is 12.3 Å². The average molecular weight is 279 g/mol. The van der Waals surface area contributed by atoms with Crippen LogP contribution in [-0.2, 0) is 4.79 Å². The number of nitrogens with one attached hydrogen (secondary N) is 1. The van der Waals surface area contributed by atoms with Crippen LogP contribution in [0.5, 0.6) is 5.88 Å². The van der Waals surface area contributed by atoms with E-state index in [1.165, 1.54) is 0 Å². The van der Waals surface area contributed by atoms with Gasteiger partial charge in [-0.05, 0) is 32.6 Å². The smallest absolute Gasteiger partial charge is 0.306 e. The van der Waals surface area contributed by atoms with E-state index in [4.69, 9.17) is 9.84 Å². The molecule has 0 radical (unpaired) electrons. The topological polar surface area (TPSA) is 84.3 Å². The third kappa shape index (κ3) is 3.82. The zero-order chi connectivity index (χ0) is 14.5. The lowest BCUT2D eigenvalue weighted by atomic mass is 9.96. The van der Waals surface area contributed by atoms with Crippen molar-refractivity contribution in [2.75, 3.05) is 11.9 Å². The first kappa shape index (κ1) is 14.6. The molecule has 0 spiro atoms. The Morgan fingerprint density at radius 2 is 2.35 bits per heavy atom. The van der Waals surface area contributed by atoms with Crippen molar-refractivity contribution in [1.82, 2.24) is 9.97 Å². The molecule has 1 aliphatic carbocycles. The Morgan fingerprint density at radius 3 is 3.05 bits per heavy atom. The van der Waals surface area contributed by atoms with E-state index in [9.17, 15) is 4.79 Å². The number of aliphatic carboxylic acids is 1. The molecule has 0 amide bonds. The lowest BCUT2D eigenvalue weighted by Crippen LogP contribution is -2.25. The Labute approximate surface area is 118 Å². The molecule has 0 aliphatic heterocycles. The minimum absolute atomic E-state index is 0.0592. The van der Waals surface area contributed by atoms with Gasteiger partial charge >= 0.3 is 5.97 Å². The molecule has 1 fully saturated rings. The zero-order valence-corrected chi connectivity index (χ0v) is 11.9. The average Bonchev–Trinajstić information content (AvgIpc) is 2.84. The van der Waals surface area contributed by atoms with Crippen LogP contribution in [0, 0.1) is 11.8 Å². The van der Waals surface area contributed by atoms with Crippen molar-refractivity contribution in [2.45, 2.75) is 39.2 Å². The summed E-state index contributed by atoms with van der Waals surface area (Å²) in [5.41, 5.74) is 0. The van der Waals surface area contributed by atoms with Gasteiger partial charge in [-0.3, -0.25) is 4.79 Å². The molecule has 0 bridgehead atoms. The fraction of sp³-hybridized carbons (Fsp3) is 0.643. The van der Waals surface area contributed by atoms with Crippen molar-refractivity contribution in [3.8, 4) is 5.88 Å². The number of anilines is 1. The highest BCUT2D eigenvalue weighted by Gasteiger charge is 2.32. The molecule has 110 valence electrons. The van der Waals surface area contributed by atoms with Gasteiger partial charge in [0.05, 0.1) is 12.0 Å². The van der Waals surface area contributed by atoms with Gasteiger partial charge in [-0.1, -0.05) is 6.42 Å². The molecule has 2 N–H and O–H groups in total. The van der Waals surface area contributed by atoms with Gasteiger partial charge in [-0.15, -0.1) is 0 Å². The number of hydrogen-bond donors (Lipinski definition) is 2. The van der Waals surface area contributed by atoms with E-state index in [0.29, 0.717) is 18.4 Å². The lowest BCUT2D eigenvalue weighted by Gasteiger charge is -2.16. The van der Waals surface area contributed by atoms with Crippen LogP contribution >= 0.6 is 0 Å². The summed E-state index contributed by atoms with van der Waals surface area (Å²) in [5.74, 6) is 0.202. The minimum atomic E-state index is -0.702. The summed E-state index contributed by atoms with van der Waals surface area (Å²) >= 11 is 0. The van der Waals surface area contributed by atoms with E-state index in [1.54, 1.807) is 12.3 Å². The van der Waals surface area contributed by atoms with Gasteiger partial charge < -0.3 is 15.2 Å². The molecule has 2 atom stereocenters. The molecular formula is C14H21N3O3. The second-order valence-electron chi connectivity index (χ2n) is 5.40. The van der Waals surface area contributed by atoms with Crippen molar-refractivity contribution in [2.24, 2.45) is 11.8 Å². The standard InChI is InChI=1S/C14H21N3O3/c1-9(2)20-12-6-7-15-14(17-12)16-8-10-4-3-5-11(10)13(18)19/h6-7,9-11H,3-5,8H2,1-2H3,(H,18,19)(H,15,16,17). The second kappa shape index (κ2) is 6.54. The number of aromatic nitrogens is 2. The van der Waals surface area contributed by atoms with Gasteiger partial charge in [0.1, 0.15) is 0 Å². The van der Waals surface area contributed by atoms with E-state index in [1.807, 2.05) is 13.8 Å². The molecule has 1 aromatic rings. The maximum absolute atomic E-state index is 11.1. The van der Waals surface area contributed by atoms with Crippen LogP contribution in [0.4, 0.5) is 5.95 Å². The predicted molar refractivity (Wildman–Crippen MR) is 74.8 cm³/mol. The third-order valence-electron chi connectivity index (χ3n) is 3.49. The SMILES string of the molecule is CC(C)Oc1ccnc(NCC2CCCC2C(=O)O)n1. The predicted octanol–water partition coefficient (Wildman–Crippen LogP) is 2.18. The minimum Gasteiger partial charge on any atom is -0.481 e. The van der Waals surface area contributed by atoms with Crippen LogP contribution < -0.4 is 10.1 Å². The van der Waals surface area contributed by atoms with Crippen LogP contribution in [0.1, 0.15) is 33.1 Å². The molecule has 20 heavy (non-hydrogen) atoms. The van der Waals surface area contributed by atoms with Crippen molar-refractivity contribution < 1.29 is 14.6 Å². The molecular weight excluding hydrogens is 258 g/mol. The summed E-state index contributed by atoms with van der Waals surface area (Å²) in [6.45, 7) is 4.46. The highest BCUT2D eigenvalue weighted by Crippen LogP contribution is 2.31. The summed E-state index contributed by atoms with van der Waals surface area (Å²) in [6.07, 6.45) is 4.37. The van der Waals surface area contributed by atoms with Gasteiger partial charge in [0.2, 0.25) is 11.8 Å². The molecule has 6 heteroatoms. The second-order valence-corrected chi connectivity index (χ2v) is 5.40. The van der Waals surface area contributed by atoms with Crippen molar-refractivity contribution in [3.63, 3.8) is 0 Å². The molecule has 6 nitrogen and oxygen atoms in total. The Bertz CT molecular complexity index is 465. The van der Waals surface area contributed by atoms with Gasteiger partial charge in [0.25, 0.3) is 0 Å². The van der Waals surface area contributed by atoms with Crippen LogP contribution in [0.2, 0.25) is 0 Å². The van der Waals surface area contributed by atoms with Gasteiger partial charge in [0, 0.05) is 18.8 Å². The van der Waals surface area contributed by atoms with Gasteiger partial charge in [0.15, 0.2) is 0 Å². The summed E-state index contributed by atoms with van der Waals surface area (Å²) in [4.78, 5) is 19.5. The number of rotatable bonds is 6. The highest BCUT2D eigenvalue weighted by molar-refractivity contribution is 5.70. The van der Waals surface area contributed by atoms with Gasteiger partial charge in [-0.2, -0.15) is 4.98 Å². The molecule has 0 aromatic carbocycles. The van der Waals surface area contributed by atoms with E-state index < -0.39 is 5.97 Å². The Kier molecular flexibility index (Phi) is 4.76. The molecule has 1 aliphatic rings. The van der Waals surface area contributed by atoms with Crippen LogP contribution in [0.15, 0.2) is 12.3 Å². The molecule has 2 rings (SSSR count). The molecule has 1 saturated carbocycles. The lowest BCUT2D eigenvalue weighted by molar-refractivity contribution is -0.142. The fourth-order valence-electron chi connectivity index (χ4n) is 2.56. The number of hydrogen-bond acceptors (Lipinski definition) is 5. The summed E-state index contributed by atoms with van der Waals surface area (Å²) in [7, 11) is 0.